The number of amides is 2. The summed E-state index contributed by atoms with van der Waals surface area (Å²) >= 11 is 0. The Kier molecular flexibility index (Phi) is 5.83. The van der Waals surface area contributed by atoms with Crippen molar-refractivity contribution in [3.63, 3.8) is 0 Å². The zero-order valence-electron chi connectivity index (χ0n) is 17.1. The first-order chi connectivity index (χ1) is 15.8. The molecule has 0 radical (unpaired) electrons. The van der Waals surface area contributed by atoms with E-state index in [0.717, 1.165) is 4.90 Å². The second kappa shape index (κ2) is 8.74. The molecule has 3 aromatic heterocycles. The standard InChI is InChI=1S/C22H17F3N6O2/c23-15-2-4-19-29-16(12-30(19)11-15)3-1-14-9-27-6-5-18(14)21(33)28-10-20(32)31-13-22(24,25)7-17(31)8-26/h1-6,9,11-12,17H,7,10,13H2,(H,28,33)/b3-1+/t17-/m0/s1. The van der Waals surface area contributed by atoms with Gasteiger partial charge in [-0.05, 0) is 24.3 Å². The predicted molar refractivity (Wildman–Crippen MR) is 111 cm³/mol. The minimum Gasteiger partial charge on any atom is -0.343 e. The quantitative estimate of drug-likeness (QED) is 0.638. The Bertz CT molecular complexity index is 1300. The van der Waals surface area contributed by atoms with Crippen molar-refractivity contribution >= 4 is 29.6 Å². The van der Waals surface area contributed by atoms with Gasteiger partial charge in [0.25, 0.3) is 11.8 Å². The lowest BCUT2D eigenvalue weighted by Gasteiger charge is -2.19. The number of fused-ring (bicyclic) bond motifs is 1. The van der Waals surface area contributed by atoms with Crippen LogP contribution in [0.4, 0.5) is 13.2 Å². The van der Waals surface area contributed by atoms with Gasteiger partial charge in [0.15, 0.2) is 0 Å². The van der Waals surface area contributed by atoms with Gasteiger partial charge in [-0.15, -0.1) is 0 Å². The molecule has 11 heteroatoms. The molecule has 4 heterocycles. The topological polar surface area (TPSA) is 103 Å². The molecule has 3 aromatic rings. The van der Waals surface area contributed by atoms with Crippen molar-refractivity contribution < 1.29 is 22.8 Å². The molecule has 0 unspecified atom stereocenters. The molecule has 2 amide bonds. The van der Waals surface area contributed by atoms with Crippen LogP contribution < -0.4 is 5.32 Å². The summed E-state index contributed by atoms with van der Waals surface area (Å²) in [6.45, 7) is -1.39. The summed E-state index contributed by atoms with van der Waals surface area (Å²) in [5, 5.41) is 11.4. The highest BCUT2D eigenvalue weighted by molar-refractivity contribution is 6.00. The lowest BCUT2D eigenvalue weighted by atomic mass is 10.1. The molecule has 1 aliphatic rings. The Balaban J connectivity index is 1.45. The van der Waals surface area contributed by atoms with Gasteiger partial charge in [0.05, 0.1) is 24.9 Å². The lowest BCUT2D eigenvalue weighted by molar-refractivity contribution is -0.131. The normalized spacial score (nSPS) is 17.4. The first kappa shape index (κ1) is 22.0. The molecular formula is C22H17F3N6O2. The lowest BCUT2D eigenvalue weighted by Crippen LogP contribution is -2.43. The maximum atomic E-state index is 13.5. The van der Waals surface area contributed by atoms with Crippen molar-refractivity contribution in [2.24, 2.45) is 0 Å². The van der Waals surface area contributed by atoms with Crippen molar-refractivity contribution in [1.29, 1.82) is 5.26 Å². The molecule has 0 aliphatic carbocycles. The number of pyridine rings is 2. The van der Waals surface area contributed by atoms with Crippen molar-refractivity contribution in [1.82, 2.24) is 24.6 Å². The van der Waals surface area contributed by atoms with Crippen LogP contribution in [0.2, 0.25) is 0 Å². The van der Waals surface area contributed by atoms with Crippen molar-refractivity contribution in [3.8, 4) is 6.07 Å². The molecule has 1 N–H and O–H groups in total. The van der Waals surface area contributed by atoms with Crippen LogP contribution in [0.1, 0.15) is 28.0 Å². The van der Waals surface area contributed by atoms with E-state index >= 15 is 0 Å². The fraction of sp³-hybridized carbons (Fsp3) is 0.227. The third kappa shape index (κ3) is 4.85. The minimum absolute atomic E-state index is 0.201. The van der Waals surface area contributed by atoms with Crippen LogP contribution in [0, 0.1) is 17.1 Å². The van der Waals surface area contributed by atoms with Crippen LogP contribution >= 0.6 is 0 Å². The summed E-state index contributed by atoms with van der Waals surface area (Å²) in [6, 6.07) is 4.72. The number of alkyl halides is 2. The van der Waals surface area contributed by atoms with Crippen LogP contribution in [0.15, 0.2) is 43.0 Å². The number of nitrogens with one attached hydrogen (secondary N) is 1. The van der Waals surface area contributed by atoms with Crippen molar-refractivity contribution in [3.05, 3.63) is 65.6 Å². The van der Waals surface area contributed by atoms with Crippen molar-refractivity contribution in [2.45, 2.75) is 18.4 Å². The summed E-state index contributed by atoms with van der Waals surface area (Å²) in [6.07, 6.45) is 8.22. The number of hydrogen-bond donors (Lipinski definition) is 1. The van der Waals surface area contributed by atoms with Gasteiger partial charge in [0.1, 0.15) is 17.5 Å². The van der Waals surface area contributed by atoms with E-state index in [1.54, 1.807) is 24.4 Å². The second-order valence-electron chi connectivity index (χ2n) is 7.48. The molecule has 1 saturated heterocycles. The van der Waals surface area contributed by atoms with E-state index in [4.69, 9.17) is 5.26 Å². The zero-order chi connectivity index (χ0) is 23.6. The summed E-state index contributed by atoms with van der Waals surface area (Å²) in [4.78, 5) is 34.0. The molecule has 0 aromatic carbocycles. The first-order valence-electron chi connectivity index (χ1n) is 9.87. The Morgan fingerprint density at radius 1 is 1.27 bits per heavy atom. The molecular weight excluding hydrogens is 437 g/mol. The molecule has 0 saturated carbocycles. The number of likely N-dealkylation sites (tertiary alicyclic amines) is 1. The van der Waals surface area contributed by atoms with Gasteiger partial charge in [-0.25, -0.2) is 18.2 Å². The van der Waals surface area contributed by atoms with Gasteiger partial charge in [-0.2, -0.15) is 5.26 Å². The third-order valence-electron chi connectivity index (χ3n) is 5.10. The SMILES string of the molecule is N#C[C@@H]1CC(F)(F)CN1C(=O)CNC(=O)c1ccncc1/C=C/c1cn2cc(F)ccc2n1. The average Bonchev–Trinajstić information content (AvgIpc) is 3.34. The van der Waals surface area contributed by atoms with Gasteiger partial charge in [-0.1, -0.05) is 6.08 Å². The summed E-state index contributed by atoms with van der Waals surface area (Å²) in [5.41, 5.74) is 1.69. The number of nitriles is 1. The molecule has 33 heavy (non-hydrogen) atoms. The highest BCUT2D eigenvalue weighted by Gasteiger charge is 2.47. The summed E-state index contributed by atoms with van der Waals surface area (Å²) in [5.74, 6) is -4.92. The van der Waals surface area contributed by atoms with Crippen molar-refractivity contribution in [2.75, 3.05) is 13.1 Å². The van der Waals surface area contributed by atoms with Crippen LogP contribution in [0.3, 0.4) is 0 Å². The highest BCUT2D eigenvalue weighted by Crippen LogP contribution is 2.31. The Labute approximate surface area is 186 Å². The van der Waals surface area contributed by atoms with Gasteiger partial charge in [0, 0.05) is 42.3 Å². The van der Waals surface area contributed by atoms with E-state index in [1.807, 2.05) is 0 Å². The summed E-state index contributed by atoms with van der Waals surface area (Å²) < 4.78 is 42.0. The number of aromatic nitrogens is 3. The molecule has 0 bridgehead atoms. The van der Waals surface area contributed by atoms with E-state index in [0.29, 0.717) is 16.9 Å². The second-order valence-corrected chi connectivity index (χ2v) is 7.48. The molecule has 168 valence electrons. The monoisotopic (exact) mass is 454 g/mol. The molecule has 1 fully saturated rings. The predicted octanol–water partition coefficient (Wildman–Crippen LogP) is 2.53. The number of hydrogen-bond acceptors (Lipinski definition) is 5. The highest BCUT2D eigenvalue weighted by atomic mass is 19.3. The number of nitrogens with zero attached hydrogens (tertiary/aromatic N) is 5. The number of carbonyl (C=O) groups is 2. The number of imidazole rings is 1. The number of halogens is 3. The fourth-order valence-corrected chi connectivity index (χ4v) is 3.53. The average molecular weight is 454 g/mol. The van der Waals surface area contributed by atoms with E-state index in [-0.39, 0.29) is 5.56 Å². The largest absolute Gasteiger partial charge is 0.343 e. The Hall–Kier alpha value is -4.20. The number of rotatable bonds is 5. The maximum Gasteiger partial charge on any atom is 0.268 e. The first-order valence-corrected chi connectivity index (χ1v) is 9.87. The van der Waals surface area contributed by atoms with Gasteiger partial charge < -0.3 is 14.6 Å². The summed E-state index contributed by atoms with van der Waals surface area (Å²) in [7, 11) is 0. The fourth-order valence-electron chi connectivity index (χ4n) is 3.53. The van der Waals surface area contributed by atoms with Gasteiger partial charge >= 0.3 is 0 Å². The zero-order valence-corrected chi connectivity index (χ0v) is 17.1. The Morgan fingerprint density at radius 3 is 2.88 bits per heavy atom. The molecule has 1 atom stereocenters. The minimum atomic E-state index is -3.13. The van der Waals surface area contributed by atoms with Crippen LogP contribution in [0.5, 0.6) is 0 Å². The molecule has 0 spiro atoms. The van der Waals surface area contributed by atoms with E-state index in [2.05, 4.69) is 15.3 Å². The molecule has 8 nitrogen and oxygen atoms in total. The molecule has 1 aliphatic heterocycles. The maximum absolute atomic E-state index is 13.5. The molecule has 4 rings (SSSR count). The van der Waals surface area contributed by atoms with Crippen LogP contribution in [-0.2, 0) is 4.79 Å². The van der Waals surface area contributed by atoms with E-state index in [1.165, 1.54) is 41.2 Å². The van der Waals surface area contributed by atoms with Crippen LogP contribution in [-0.4, -0.2) is 56.1 Å². The van der Waals surface area contributed by atoms with Gasteiger partial charge in [0.2, 0.25) is 5.91 Å². The van der Waals surface area contributed by atoms with E-state index < -0.39 is 49.1 Å². The van der Waals surface area contributed by atoms with E-state index in [9.17, 15) is 22.8 Å². The Morgan fingerprint density at radius 2 is 2.09 bits per heavy atom. The van der Waals surface area contributed by atoms with Crippen LogP contribution in [0.25, 0.3) is 17.8 Å². The third-order valence-corrected chi connectivity index (χ3v) is 5.10. The smallest absolute Gasteiger partial charge is 0.268 e. The number of carbonyl (C=O) groups excluding carboxylic acids is 2. The van der Waals surface area contributed by atoms with Gasteiger partial charge in [-0.3, -0.25) is 14.6 Å².